The van der Waals surface area contributed by atoms with Crippen LogP contribution in [0.3, 0.4) is 0 Å². The number of hydrogen-bond acceptors (Lipinski definition) is 7. The van der Waals surface area contributed by atoms with Gasteiger partial charge in [0.05, 0.1) is 9.93 Å². The number of aromatic nitrogens is 2. The number of carbonyl (C=O) groups excluding carboxylic acids is 1. The zero-order valence-electron chi connectivity index (χ0n) is 16.7. The first-order valence-corrected chi connectivity index (χ1v) is 11.3. The monoisotopic (exact) mass is 521 g/mol. The van der Waals surface area contributed by atoms with E-state index in [2.05, 4.69) is 4.98 Å². The minimum atomic E-state index is -1.21. The predicted molar refractivity (Wildman–Crippen MR) is 130 cm³/mol. The van der Waals surface area contributed by atoms with Crippen molar-refractivity contribution in [3.8, 4) is 11.6 Å². The van der Waals surface area contributed by atoms with Crippen LogP contribution in [0.1, 0.15) is 11.1 Å². The summed E-state index contributed by atoms with van der Waals surface area (Å²) >= 11 is 18.2. The Bertz CT molecular complexity index is 1440. The smallest absolute Gasteiger partial charge is 0.323 e. The van der Waals surface area contributed by atoms with E-state index in [0.717, 1.165) is 22.2 Å². The number of carboxylic acid groups (broad SMARTS) is 1. The molecule has 8 nitrogen and oxygen atoms in total. The number of aryl methyl sites for hydroxylation is 1. The average molecular weight is 522 g/mol. The highest BCUT2D eigenvalue weighted by molar-refractivity contribution is 8.26. The van der Waals surface area contributed by atoms with E-state index >= 15 is 0 Å². The Kier molecular flexibility index (Phi) is 6.44. The molecule has 1 amide bonds. The normalized spacial score (nSPS) is 15.0. The van der Waals surface area contributed by atoms with Gasteiger partial charge in [-0.05, 0) is 42.8 Å². The van der Waals surface area contributed by atoms with E-state index in [1.807, 2.05) is 0 Å². The summed E-state index contributed by atoms with van der Waals surface area (Å²) in [4.78, 5) is 42.7. The second-order valence-electron chi connectivity index (χ2n) is 6.86. The number of carbonyl (C=O) groups is 2. The summed E-state index contributed by atoms with van der Waals surface area (Å²) < 4.78 is 7.28. The Morgan fingerprint density at radius 1 is 1.30 bits per heavy atom. The van der Waals surface area contributed by atoms with E-state index in [1.54, 1.807) is 31.3 Å². The molecule has 1 saturated heterocycles. The van der Waals surface area contributed by atoms with E-state index in [-0.39, 0.29) is 31.4 Å². The molecule has 1 aliphatic rings. The summed E-state index contributed by atoms with van der Waals surface area (Å²) in [7, 11) is 0. The molecule has 3 aromatic rings. The molecule has 168 valence electrons. The molecule has 1 fully saturated rings. The van der Waals surface area contributed by atoms with Crippen LogP contribution in [0.15, 0.2) is 46.2 Å². The van der Waals surface area contributed by atoms with Gasteiger partial charge in [-0.25, -0.2) is 0 Å². The van der Waals surface area contributed by atoms with Crippen molar-refractivity contribution < 1.29 is 19.4 Å². The number of benzene rings is 1. The van der Waals surface area contributed by atoms with Crippen LogP contribution in [-0.2, 0) is 9.59 Å². The number of thiocarbonyl (C=S) groups is 1. The van der Waals surface area contributed by atoms with Crippen molar-refractivity contribution in [2.24, 2.45) is 0 Å². The molecule has 0 unspecified atom stereocenters. The van der Waals surface area contributed by atoms with Gasteiger partial charge >= 0.3 is 5.97 Å². The zero-order chi connectivity index (χ0) is 23.9. The lowest BCUT2D eigenvalue weighted by Gasteiger charge is -2.12. The lowest BCUT2D eigenvalue weighted by molar-refractivity contribution is -0.140. The number of carboxylic acids is 1. The Labute approximate surface area is 206 Å². The fourth-order valence-electron chi connectivity index (χ4n) is 3.06. The largest absolute Gasteiger partial charge is 0.480 e. The molecular formula is C21H13Cl2N3O5S2. The summed E-state index contributed by atoms with van der Waals surface area (Å²) in [6.07, 6.45) is 2.84. The van der Waals surface area contributed by atoms with Gasteiger partial charge in [-0.2, -0.15) is 4.98 Å². The van der Waals surface area contributed by atoms with Crippen LogP contribution < -0.4 is 10.3 Å². The number of aliphatic carboxylic acids is 1. The van der Waals surface area contributed by atoms with Gasteiger partial charge < -0.3 is 9.84 Å². The summed E-state index contributed by atoms with van der Waals surface area (Å²) in [5, 5.41) is 9.64. The molecule has 0 radical (unpaired) electrons. The Hall–Kier alpha value is -2.92. The van der Waals surface area contributed by atoms with Gasteiger partial charge in [-0.15, -0.1) is 0 Å². The lowest BCUT2D eigenvalue weighted by atomic mass is 10.2. The molecule has 0 atom stereocenters. The third-order valence-corrected chi connectivity index (χ3v) is 6.50. The summed E-state index contributed by atoms with van der Waals surface area (Å²) in [6, 6.07) is 8.06. The number of fused-ring (bicyclic) bond motifs is 1. The van der Waals surface area contributed by atoms with Gasteiger partial charge in [0.1, 0.15) is 27.8 Å². The van der Waals surface area contributed by atoms with Crippen molar-refractivity contribution in [2.45, 2.75) is 6.92 Å². The first kappa shape index (κ1) is 23.2. The molecule has 1 N–H and O–H groups in total. The second kappa shape index (κ2) is 9.14. The molecule has 12 heteroatoms. The van der Waals surface area contributed by atoms with Gasteiger partial charge in [0, 0.05) is 11.2 Å². The van der Waals surface area contributed by atoms with Crippen LogP contribution >= 0.6 is 47.2 Å². The molecule has 1 aliphatic heterocycles. The van der Waals surface area contributed by atoms with Crippen LogP contribution in [0.25, 0.3) is 11.7 Å². The number of ether oxygens (including phenoxy) is 1. The predicted octanol–water partition coefficient (Wildman–Crippen LogP) is 4.39. The van der Waals surface area contributed by atoms with Crippen LogP contribution in [0.2, 0.25) is 10.0 Å². The van der Waals surface area contributed by atoms with Crippen LogP contribution in [0.4, 0.5) is 0 Å². The molecule has 33 heavy (non-hydrogen) atoms. The maximum Gasteiger partial charge on any atom is 0.323 e. The number of amides is 1. The van der Waals surface area contributed by atoms with Crippen molar-refractivity contribution in [1.29, 1.82) is 0 Å². The van der Waals surface area contributed by atoms with Gasteiger partial charge in [0.15, 0.2) is 0 Å². The van der Waals surface area contributed by atoms with Crippen LogP contribution in [-0.4, -0.2) is 42.1 Å². The molecule has 3 heterocycles. The quantitative estimate of drug-likeness (QED) is 0.389. The van der Waals surface area contributed by atoms with E-state index in [0.29, 0.717) is 10.7 Å². The van der Waals surface area contributed by atoms with Crippen molar-refractivity contribution in [3.63, 3.8) is 0 Å². The Morgan fingerprint density at radius 3 is 2.76 bits per heavy atom. The number of hydrogen-bond donors (Lipinski definition) is 1. The number of nitrogens with zero attached hydrogens (tertiary/aromatic N) is 3. The van der Waals surface area contributed by atoms with Gasteiger partial charge in [-0.3, -0.25) is 23.7 Å². The topological polar surface area (TPSA) is 101 Å². The van der Waals surface area contributed by atoms with Crippen LogP contribution in [0, 0.1) is 6.92 Å². The average Bonchev–Trinajstić information content (AvgIpc) is 3.00. The van der Waals surface area contributed by atoms with Crippen molar-refractivity contribution in [2.75, 3.05) is 6.54 Å². The summed E-state index contributed by atoms with van der Waals surface area (Å²) in [5.41, 5.74) is 0.561. The summed E-state index contributed by atoms with van der Waals surface area (Å²) in [5.74, 6) is -1.71. The number of thioether (sulfide) groups is 1. The molecule has 0 saturated carbocycles. The van der Waals surface area contributed by atoms with E-state index in [9.17, 15) is 14.4 Å². The van der Waals surface area contributed by atoms with Crippen molar-refractivity contribution >= 4 is 75.1 Å². The number of pyridine rings is 1. The molecule has 0 spiro atoms. The molecule has 0 aliphatic carbocycles. The third kappa shape index (κ3) is 4.60. The zero-order valence-corrected chi connectivity index (χ0v) is 19.9. The minimum absolute atomic E-state index is 0.0278. The van der Waals surface area contributed by atoms with Gasteiger partial charge in [-0.1, -0.05) is 53.2 Å². The first-order chi connectivity index (χ1) is 15.7. The maximum absolute atomic E-state index is 13.3. The molecule has 2 aromatic heterocycles. The standard InChI is InChI=1S/C21H13Cl2N3O5S2/c1-10-3-2-6-25-17(10)24-18(31-14-5-4-11(22)7-13(14)23)12(19(25)29)8-15-20(30)26(9-16(27)28)21(32)33-15/h2-8H,9H2,1H3,(H,27,28)/b15-8+. The first-order valence-electron chi connectivity index (χ1n) is 9.27. The van der Waals surface area contributed by atoms with Crippen molar-refractivity contribution in [3.05, 3.63) is 73.0 Å². The molecule has 4 rings (SSSR count). The maximum atomic E-state index is 13.3. The van der Waals surface area contributed by atoms with E-state index in [1.165, 1.54) is 22.6 Å². The molecular weight excluding hydrogens is 509 g/mol. The highest BCUT2D eigenvalue weighted by Crippen LogP contribution is 2.35. The Balaban J connectivity index is 1.89. The SMILES string of the molecule is Cc1cccn2c(=O)c(/C=C3/SC(=S)N(CC(=O)O)C3=O)c(Oc3ccc(Cl)cc3Cl)nc12. The van der Waals surface area contributed by atoms with Gasteiger partial charge in [0.2, 0.25) is 5.88 Å². The fraction of sp³-hybridized carbons (Fsp3) is 0.0952. The summed E-state index contributed by atoms with van der Waals surface area (Å²) in [6.45, 7) is 1.21. The van der Waals surface area contributed by atoms with Crippen LogP contribution in [0.5, 0.6) is 11.6 Å². The third-order valence-electron chi connectivity index (χ3n) is 4.59. The number of rotatable bonds is 5. The van der Waals surface area contributed by atoms with Crippen molar-refractivity contribution in [1.82, 2.24) is 14.3 Å². The Morgan fingerprint density at radius 2 is 2.06 bits per heavy atom. The van der Waals surface area contributed by atoms with E-state index < -0.39 is 24.0 Å². The molecule has 0 bridgehead atoms. The second-order valence-corrected chi connectivity index (χ2v) is 9.38. The highest BCUT2D eigenvalue weighted by Gasteiger charge is 2.34. The minimum Gasteiger partial charge on any atom is -0.480 e. The number of halogens is 2. The van der Waals surface area contributed by atoms with E-state index in [4.69, 9.17) is 45.3 Å². The lowest BCUT2D eigenvalue weighted by Crippen LogP contribution is -2.33. The van der Waals surface area contributed by atoms with Gasteiger partial charge in [0.25, 0.3) is 11.5 Å². The fourth-order valence-corrected chi connectivity index (χ4v) is 4.74. The highest BCUT2D eigenvalue weighted by atomic mass is 35.5. The molecule has 1 aromatic carbocycles.